The predicted octanol–water partition coefficient (Wildman–Crippen LogP) is 3.36. The smallest absolute Gasteiger partial charge is 0.280 e. The molecule has 17 heavy (non-hydrogen) atoms. The summed E-state index contributed by atoms with van der Waals surface area (Å²) in [5.74, 6) is 4.54. The Hall–Kier alpha value is -1.34. The van der Waals surface area contributed by atoms with Crippen LogP contribution in [0.1, 0.15) is 12.1 Å². The van der Waals surface area contributed by atoms with Gasteiger partial charge in [-0.25, -0.2) is 18.2 Å². The summed E-state index contributed by atoms with van der Waals surface area (Å²) in [4.78, 5) is 3.58. The molecule has 7 heteroatoms. The van der Waals surface area contributed by atoms with Gasteiger partial charge in [0, 0.05) is 9.86 Å². The summed E-state index contributed by atoms with van der Waals surface area (Å²) in [6.07, 6.45) is -2.78. The van der Waals surface area contributed by atoms with E-state index in [9.17, 15) is 13.2 Å². The van der Waals surface area contributed by atoms with E-state index in [2.05, 4.69) is 26.3 Å². The van der Waals surface area contributed by atoms with E-state index in [1.54, 1.807) is 6.07 Å². The number of anilines is 1. The van der Waals surface area contributed by atoms with Gasteiger partial charge < -0.3 is 5.43 Å². The third-order valence-corrected chi connectivity index (χ3v) is 2.69. The standard InChI is InChI=1S/C10H7BrF3N3/c11-4-1-5-7(17-15)3-8(10(13)14)16-9(5)6(12)2-4/h1-3,10H,15H2,(H,16,17). The van der Waals surface area contributed by atoms with Crippen LogP contribution < -0.4 is 11.3 Å². The SMILES string of the molecule is NNc1cc(C(F)F)nc2c(F)cc(Br)cc12. The number of pyridine rings is 1. The van der Waals surface area contributed by atoms with E-state index in [1.165, 1.54) is 0 Å². The maximum atomic E-state index is 13.6. The molecule has 0 atom stereocenters. The zero-order valence-corrected chi connectivity index (χ0v) is 9.93. The molecular formula is C10H7BrF3N3. The van der Waals surface area contributed by atoms with Crippen molar-refractivity contribution < 1.29 is 13.2 Å². The first-order valence-electron chi connectivity index (χ1n) is 4.57. The Labute approximate surface area is 103 Å². The summed E-state index contributed by atoms with van der Waals surface area (Å²) in [5, 5.41) is 0.337. The highest BCUT2D eigenvalue weighted by Gasteiger charge is 2.15. The van der Waals surface area contributed by atoms with Crippen LogP contribution in [-0.2, 0) is 0 Å². The second kappa shape index (κ2) is 4.50. The van der Waals surface area contributed by atoms with Crippen LogP contribution in [0.25, 0.3) is 10.9 Å². The second-order valence-corrected chi connectivity index (χ2v) is 4.24. The molecular weight excluding hydrogens is 299 g/mol. The van der Waals surface area contributed by atoms with Crippen LogP contribution in [-0.4, -0.2) is 4.98 Å². The summed E-state index contributed by atoms with van der Waals surface area (Å²) >= 11 is 3.11. The fourth-order valence-electron chi connectivity index (χ4n) is 1.50. The highest BCUT2D eigenvalue weighted by molar-refractivity contribution is 9.10. The van der Waals surface area contributed by atoms with Crippen molar-refractivity contribution in [1.29, 1.82) is 0 Å². The number of nitrogens with one attached hydrogen (secondary N) is 1. The highest BCUT2D eigenvalue weighted by atomic mass is 79.9. The van der Waals surface area contributed by atoms with Gasteiger partial charge in [0.1, 0.15) is 11.2 Å². The number of hydrogen-bond donors (Lipinski definition) is 2. The lowest BCUT2D eigenvalue weighted by atomic mass is 10.1. The quantitative estimate of drug-likeness (QED) is 0.661. The van der Waals surface area contributed by atoms with Crippen LogP contribution in [0.5, 0.6) is 0 Å². The van der Waals surface area contributed by atoms with Crippen molar-refractivity contribution >= 4 is 32.5 Å². The van der Waals surface area contributed by atoms with E-state index in [-0.39, 0.29) is 11.2 Å². The Morgan fingerprint density at radius 2 is 2.00 bits per heavy atom. The largest absolute Gasteiger partial charge is 0.323 e. The molecule has 0 saturated heterocycles. The number of hydrogen-bond acceptors (Lipinski definition) is 3. The molecule has 0 aliphatic heterocycles. The van der Waals surface area contributed by atoms with Crippen molar-refractivity contribution in [3.05, 3.63) is 34.2 Å². The number of halogens is 4. The van der Waals surface area contributed by atoms with Crippen LogP contribution in [0.3, 0.4) is 0 Å². The summed E-state index contributed by atoms with van der Waals surface area (Å²) in [5.41, 5.74) is 1.80. The molecule has 1 heterocycles. The number of benzene rings is 1. The van der Waals surface area contributed by atoms with Crippen LogP contribution in [0.2, 0.25) is 0 Å². The molecule has 0 aliphatic rings. The third kappa shape index (κ3) is 2.20. The van der Waals surface area contributed by atoms with E-state index in [0.717, 1.165) is 12.1 Å². The van der Waals surface area contributed by atoms with Crippen molar-refractivity contribution in [2.45, 2.75) is 6.43 Å². The van der Waals surface area contributed by atoms with Gasteiger partial charge in [0.05, 0.1) is 5.69 Å². The molecule has 2 aromatic rings. The monoisotopic (exact) mass is 305 g/mol. The number of alkyl halides is 2. The number of nitrogens with zero attached hydrogens (tertiary/aromatic N) is 1. The van der Waals surface area contributed by atoms with Gasteiger partial charge in [0.2, 0.25) is 0 Å². The Bertz CT molecular complexity index is 574. The minimum atomic E-state index is -2.78. The number of rotatable bonds is 2. The van der Waals surface area contributed by atoms with Crippen molar-refractivity contribution in [1.82, 2.24) is 4.98 Å². The molecule has 1 aromatic heterocycles. The number of nitrogens with two attached hydrogens (primary N) is 1. The summed E-state index contributed by atoms with van der Waals surface area (Å²) < 4.78 is 39.2. The zero-order chi connectivity index (χ0) is 12.6. The van der Waals surface area contributed by atoms with E-state index in [1.807, 2.05) is 0 Å². The molecule has 0 unspecified atom stereocenters. The molecule has 2 rings (SSSR count). The Morgan fingerprint density at radius 1 is 1.29 bits per heavy atom. The average molecular weight is 306 g/mol. The van der Waals surface area contributed by atoms with Crippen LogP contribution in [0.15, 0.2) is 22.7 Å². The number of hydrazine groups is 1. The van der Waals surface area contributed by atoms with Gasteiger partial charge in [-0.3, -0.25) is 5.84 Å². The maximum Gasteiger partial charge on any atom is 0.280 e. The van der Waals surface area contributed by atoms with Crippen molar-refractivity contribution in [2.75, 3.05) is 5.43 Å². The van der Waals surface area contributed by atoms with Crippen molar-refractivity contribution in [3.8, 4) is 0 Å². The number of nitrogen functional groups attached to an aromatic ring is 1. The molecule has 0 aliphatic carbocycles. The van der Waals surface area contributed by atoms with Gasteiger partial charge in [0.15, 0.2) is 5.82 Å². The minimum absolute atomic E-state index is 0.140. The van der Waals surface area contributed by atoms with Crippen LogP contribution >= 0.6 is 15.9 Å². The summed E-state index contributed by atoms with van der Waals surface area (Å²) in [6.45, 7) is 0. The lowest BCUT2D eigenvalue weighted by molar-refractivity contribution is 0.146. The first-order valence-corrected chi connectivity index (χ1v) is 5.36. The lowest BCUT2D eigenvalue weighted by Gasteiger charge is -2.09. The molecule has 90 valence electrons. The van der Waals surface area contributed by atoms with Gasteiger partial charge >= 0.3 is 0 Å². The van der Waals surface area contributed by atoms with E-state index < -0.39 is 17.9 Å². The van der Waals surface area contributed by atoms with Crippen LogP contribution in [0.4, 0.5) is 18.9 Å². The van der Waals surface area contributed by atoms with Crippen molar-refractivity contribution in [2.24, 2.45) is 5.84 Å². The summed E-state index contributed by atoms with van der Waals surface area (Å²) in [6, 6.07) is 3.81. The minimum Gasteiger partial charge on any atom is -0.323 e. The van der Waals surface area contributed by atoms with Crippen molar-refractivity contribution in [3.63, 3.8) is 0 Å². The fourth-order valence-corrected chi connectivity index (χ4v) is 1.93. The molecule has 0 saturated carbocycles. The molecule has 0 radical (unpaired) electrons. The fraction of sp³-hybridized carbons (Fsp3) is 0.100. The first kappa shape index (κ1) is 12.1. The average Bonchev–Trinajstić information content (AvgIpc) is 2.27. The highest BCUT2D eigenvalue weighted by Crippen LogP contribution is 2.30. The molecule has 0 spiro atoms. The molecule has 3 N–H and O–H groups in total. The second-order valence-electron chi connectivity index (χ2n) is 3.32. The number of aromatic nitrogens is 1. The molecule has 0 bridgehead atoms. The maximum absolute atomic E-state index is 13.6. The van der Waals surface area contributed by atoms with E-state index in [0.29, 0.717) is 9.86 Å². The number of fused-ring (bicyclic) bond motifs is 1. The van der Waals surface area contributed by atoms with Gasteiger partial charge in [-0.1, -0.05) is 15.9 Å². The Morgan fingerprint density at radius 3 is 2.59 bits per heavy atom. The molecule has 3 nitrogen and oxygen atoms in total. The van der Waals surface area contributed by atoms with Gasteiger partial charge in [-0.2, -0.15) is 0 Å². The third-order valence-electron chi connectivity index (χ3n) is 2.23. The van der Waals surface area contributed by atoms with Gasteiger partial charge in [-0.05, 0) is 18.2 Å². The van der Waals surface area contributed by atoms with E-state index >= 15 is 0 Å². The molecule has 1 aromatic carbocycles. The van der Waals surface area contributed by atoms with E-state index in [4.69, 9.17) is 5.84 Å². The predicted molar refractivity (Wildman–Crippen MR) is 62.2 cm³/mol. The Kier molecular flexibility index (Phi) is 3.21. The zero-order valence-electron chi connectivity index (χ0n) is 8.35. The Balaban J connectivity index is 2.82. The first-order chi connectivity index (χ1) is 8.02. The van der Waals surface area contributed by atoms with Crippen LogP contribution in [0, 0.1) is 5.82 Å². The topological polar surface area (TPSA) is 50.9 Å². The molecule has 0 amide bonds. The molecule has 0 fully saturated rings. The van der Waals surface area contributed by atoms with Gasteiger partial charge in [0.25, 0.3) is 6.43 Å². The summed E-state index contributed by atoms with van der Waals surface area (Å²) in [7, 11) is 0. The van der Waals surface area contributed by atoms with Gasteiger partial charge in [-0.15, -0.1) is 0 Å². The normalized spacial score (nSPS) is 11.2. The lowest BCUT2D eigenvalue weighted by Crippen LogP contribution is -2.09.